The molecule has 3 rings (SSSR count). The van der Waals surface area contributed by atoms with E-state index in [-0.39, 0.29) is 6.10 Å². The molecule has 0 fully saturated rings. The number of hydrogen-bond acceptors (Lipinski definition) is 3. The van der Waals surface area contributed by atoms with Crippen molar-refractivity contribution in [2.24, 2.45) is 5.16 Å². The quantitative estimate of drug-likeness (QED) is 0.629. The van der Waals surface area contributed by atoms with Gasteiger partial charge in [-0.15, -0.1) is 0 Å². The fourth-order valence-electron chi connectivity index (χ4n) is 2.26. The van der Waals surface area contributed by atoms with E-state index in [4.69, 9.17) is 16.3 Å². The van der Waals surface area contributed by atoms with Crippen molar-refractivity contribution in [3.05, 3.63) is 64.7 Å². The lowest BCUT2D eigenvalue weighted by molar-refractivity contribution is 0.203. The van der Waals surface area contributed by atoms with Gasteiger partial charge in [-0.1, -0.05) is 47.1 Å². The van der Waals surface area contributed by atoms with Crippen molar-refractivity contribution in [3.8, 4) is 5.75 Å². The summed E-state index contributed by atoms with van der Waals surface area (Å²) in [6.45, 7) is 0. The van der Waals surface area contributed by atoms with E-state index in [1.54, 1.807) is 18.2 Å². The number of hydrogen-bond donors (Lipinski definition) is 1. The van der Waals surface area contributed by atoms with Crippen molar-refractivity contribution in [1.29, 1.82) is 0 Å². The van der Waals surface area contributed by atoms with Gasteiger partial charge in [0.05, 0.1) is 5.71 Å². The maximum Gasteiger partial charge on any atom is 0.129 e. The number of benzene rings is 2. The number of ether oxygens (including phenoxy) is 1. The summed E-state index contributed by atoms with van der Waals surface area (Å²) in [5, 5.41) is 13.2. The van der Waals surface area contributed by atoms with E-state index in [1.807, 2.05) is 30.3 Å². The summed E-state index contributed by atoms with van der Waals surface area (Å²) in [7, 11) is 0. The van der Waals surface area contributed by atoms with Crippen LogP contribution in [0.25, 0.3) is 0 Å². The Morgan fingerprint density at radius 2 is 1.95 bits per heavy atom. The molecule has 1 atom stereocenters. The molecule has 2 aromatic carbocycles. The molecule has 0 bridgehead atoms. The van der Waals surface area contributed by atoms with Crippen molar-refractivity contribution < 1.29 is 9.94 Å². The van der Waals surface area contributed by atoms with Crippen LogP contribution in [0.3, 0.4) is 0 Å². The lowest BCUT2D eigenvalue weighted by Gasteiger charge is -2.27. The van der Waals surface area contributed by atoms with E-state index in [9.17, 15) is 5.21 Å². The van der Waals surface area contributed by atoms with Crippen LogP contribution in [0, 0.1) is 0 Å². The highest BCUT2D eigenvalue weighted by atomic mass is 35.5. The fourth-order valence-corrected chi connectivity index (χ4v) is 2.43. The predicted molar refractivity (Wildman–Crippen MR) is 74.2 cm³/mol. The van der Waals surface area contributed by atoms with E-state index < -0.39 is 0 Å². The second-order valence-electron chi connectivity index (χ2n) is 4.41. The molecule has 0 radical (unpaired) electrons. The highest BCUT2D eigenvalue weighted by molar-refractivity contribution is 6.31. The first-order valence-corrected chi connectivity index (χ1v) is 6.38. The van der Waals surface area contributed by atoms with Crippen molar-refractivity contribution in [1.82, 2.24) is 0 Å². The van der Waals surface area contributed by atoms with E-state index >= 15 is 0 Å². The normalized spacial score (nSPS) is 19.8. The number of halogens is 1. The summed E-state index contributed by atoms with van der Waals surface area (Å²) < 4.78 is 5.95. The van der Waals surface area contributed by atoms with E-state index in [2.05, 4.69) is 5.16 Å². The molecule has 1 heterocycles. The van der Waals surface area contributed by atoms with Gasteiger partial charge in [-0.3, -0.25) is 0 Å². The van der Waals surface area contributed by atoms with Crippen LogP contribution in [0.4, 0.5) is 0 Å². The summed E-state index contributed by atoms with van der Waals surface area (Å²) in [5.74, 6) is 0.692. The first-order valence-electron chi connectivity index (χ1n) is 6.00. The van der Waals surface area contributed by atoms with Gasteiger partial charge in [-0.2, -0.15) is 0 Å². The zero-order valence-corrected chi connectivity index (χ0v) is 10.8. The third-order valence-electron chi connectivity index (χ3n) is 3.19. The summed E-state index contributed by atoms with van der Waals surface area (Å²) in [6.07, 6.45) is 0.384. The van der Waals surface area contributed by atoms with Gasteiger partial charge >= 0.3 is 0 Å². The molecule has 4 heteroatoms. The third kappa shape index (κ3) is 2.29. The van der Waals surface area contributed by atoms with Crippen molar-refractivity contribution in [3.63, 3.8) is 0 Å². The van der Waals surface area contributed by atoms with Crippen LogP contribution < -0.4 is 4.74 Å². The van der Waals surface area contributed by atoms with Gasteiger partial charge in [-0.05, 0) is 23.8 Å². The Morgan fingerprint density at radius 1 is 1.16 bits per heavy atom. The Balaban J connectivity index is 2.01. The van der Waals surface area contributed by atoms with Gasteiger partial charge in [0, 0.05) is 17.0 Å². The summed E-state index contributed by atoms with van der Waals surface area (Å²) >= 11 is 5.96. The first-order chi connectivity index (χ1) is 9.28. The molecule has 1 aliphatic rings. The molecule has 0 saturated carbocycles. The number of oxime groups is 1. The van der Waals surface area contributed by atoms with Gasteiger partial charge in [-0.25, -0.2) is 0 Å². The van der Waals surface area contributed by atoms with E-state index in [0.29, 0.717) is 22.9 Å². The zero-order valence-electron chi connectivity index (χ0n) is 10.1. The lowest BCUT2D eigenvalue weighted by Crippen LogP contribution is -2.21. The summed E-state index contributed by atoms with van der Waals surface area (Å²) in [4.78, 5) is 0. The molecule has 0 saturated heterocycles. The Morgan fingerprint density at radius 3 is 2.68 bits per heavy atom. The minimum atomic E-state index is -0.138. The molecule has 1 aliphatic heterocycles. The smallest absolute Gasteiger partial charge is 0.129 e. The highest BCUT2D eigenvalue weighted by Gasteiger charge is 2.26. The monoisotopic (exact) mass is 273 g/mol. The van der Waals surface area contributed by atoms with Crippen LogP contribution in [0.15, 0.2) is 53.7 Å². The molecule has 0 spiro atoms. The fraction of sp³-hybridized carbons (Fsp3) is 0.133. The number of nitrogens with zero attached hydrogens (tertiary/aromatic N) is 1. The second kappa shape index (κ2) is 4.94. The Labute approximate surface area is 116 Å². The van der Waals surface area contributed by atoms with Gasteiger partial charge in [0.15, 0.2) is 0 Å². The number of rotatable bonds is 1. The zero-order chi connectivity index (χ0) is 13.2. The van der Waals surface area contributed by atoms with E-state index in [1.165, 1.54) is 0 Å². The molecular weight excluding hydrogens is 262 g/mol. The molecule has 1 N–H and O–H groups in total. The average molecular weight is 274 g/mol. The Kier molecular flexibility index (Phi) is 3.13. The van der Waals surface area contributed by atoms with Crippen LogP contribution in [-0.4, -0.2) is 10.9 Å². The van der Waals surface area contributed by atoms with Crippen LogP contribution in [-0.2, 0) is 0 Å². The van der Waals surface area contributed by atoms with Crippen LogP contribution >= 0.6 is 11.6 Å². The van der Waals surface area contributed by atoms with Crippen molar-refractivity contribution in [2.45, 2.75) is 12.5 Å². The minimum Gasteiger partial charge on any atom is -0.485 e. The van der Waals surface area contributed by atoms with Crippen molar-refractivity contribution >= 4 is 17.3 Å². The molecule has 0 aliphatic carbocycles. The van der Waals surface area contributed by atoms with Gasteiger partial charge in [0.1, 0.15) is 11.9 Å². The Hall–Kier alpha value is -2.00. The predicted octanol–water partition coefficient (Wildman–Crippen LogP) is 4.04. The molecule has 0 amide bonds. The average Bonchev–Trinajstić information content (AvgIpc) is 2.47. The first kappa shape index (κ1) is 12.1. The molecule has 19 heavy (non-hydrogen) atoms. The van der Waals surface area contributed by atoms with Gasteiger partial charge < -0.3 is 9.94 Å². The van der Waals surface area contributed by atoms with Gasteiger partial charge in [0.25, 0.3) is 0 Å². The Bertz CT molecular complexity index is 625. The standard InChI is InChI=1S/C15H12ClNO2/c16-11-6-7-14-12(8-11)13(17-18)9-15(19-14)10-4-2-1-3-5-10/h1-8,15,18H,9H2. The molecule has 0 aromatic heterocycles. The van der Waals surface area contributed by atoms with Crippen LogP contribution in [0.2, 0.25) is 5.02 Å². The number of fused-ring (bicyclic) bond motifs is 1. The molecular formula is C15H12ClNO2. The van der Waals surface area contributed by atoms with Crippen LogP contribution in [0.1, 0.15) is 23.7 Å². The maximum atomic E-state index is 9.18. The summed E-state index contributed by atoms with van der Waals surface area (Å²) in [6, 6.07) is 15.2. The summed E-state index contributed by atoms with van der Waals surface area (Å²) in [5.41, 5.74) is 2.41. The maximum absolute atomic E-state index is 9.18. The largest absolute Gasteiger partial charge is 0.485 e. The SMILES string of the molecule is ON=C1CC(c2ccccc2)Oc2ccc(Cl)cc21. The topological polar surface area (TPSA) is 41.8 Å². The molecule has 96 valence electrons. The van der Waals surface area contributed by atoms with Crippen LogP contribution in [0.5, 0.6) is 5.75 Å². The molecule has 1 unspecified atom stereocenters. The molecule has 2 aromatic rings. The third-order valence-corrected chi connectivity index (χ3v) is 3.43. The molecule has 3 nitrogen and oxygen atoms in total. The second-order valence-corrected chi connectivity index (χ2v) is 4.84. The van der Waals surface area contributed by atoms with Crippen molar-refractivity contribution in [2.75, 3.05) is 0 Å². The minimum absolute atomic E-state index is 0.138. The van der Waals surface area contributed by atoms with E-state index in [0.717, 1.165) is 11.1 Å². The lowest BCUT2D eigenvalue weighted by atomic mass is 9.96. The van der Waals surface area contributed by atoms with Gasteiger partial charge in [0.2, 0.25) is 0 Å². The highest BCUT2D eigenvalue weighted by Crippen LogP contribution is 2.36.